The van der Waals surface area contributed by atoms with Crippen molar-refractivity contribution in [2.24, 2.45) is 0 Å². The van der Waals surface area contributed by atoms with Gasteiger partial charge in [0.1, 0.15) is 5.82 Å². The van der Waals surface area contributed by atoms with Gasteiger partial charge < -0.3 is 15.7 Å². The zero-order valence-corrected chi connectivity index (χ0v) is 12.8. The topological polar surface area (TPSA) is 93.9 Å². The van der Waals surface area contributed by atoms with Crippen molar-refractivity contribution in [3.05, 3.63) is 41.6 Å². The number of anilines is 3. The van der Waals surface area contributed by atoms with Crippen molar-refractivity contribution in [3.63, 3.8) is 0 Å². The predicted molar refractivity (Wildman–Crippen MR) is 88.6 cm³/mol. The van der Waals surface area contributed by atoms with E-state index in [1.807, 2.05) is 18.2 Å². The number of nitriles is 1. The molecule has 23 heavy (non-hydrogen) atoms. The number of rotatable bonds is 7. The third-order valence-electron chi connectivity index (χ3n) is 3.62. The lowest BCUT2D eigenvalue weighted by Crippen LogP contribution is -2.09. The van der Waals surface area contributed by atoms with Gasteiger partial charge in [-0.25, -0.2) is 4.98 Å². The second-order valence-corrected chi connectivity index (χ2v) is 5.60. The molecule has 1 aromatic carbocycles. The van der Waals surface area contributed by atoms with Crippen LogP contribution in [0.3, 0.4) is 0 Å². The number of aliphatic hydroxyl groups excluding tert-OH is 1. The van der Waals surface area contributed by atoms with Crippen LogP contribution in [-0.2, 0) is 0 Å². The van der Waals surface area contributed by atoms with Crippen LogP contribution in [0.4, 0.5) is 17.5 Å². The van der Waals surface area contributed by atoms with Crippen molar-refractivity contribution in [1.29, 1.82) is 5.26 Å². The molecule has 1 aliphatic carbocycles. The first kappa shape index (κ1) is 15.3. The predicted octanol–water partition coefficient (Wildman–Crippen LogP) is 2.76. The lowest BCUT2D eigenvalue weighted by atomic mass is 10.2. The highest BCUT2D eigenvalue weighted by Gasteiger charge is 2.26. The van der Waals surface area contributed by atoms with Crippen LogP contribution < -0.4 is 10.6 Å². The minimum Gasteiger partial charge on any atom is -0.396 e. The van der Waals surface area contributed by atoms with Crippen LogP contribution in [0.25, 0.3) is 0 Å². The van der Waals surface area contributed by atoms with E-state index >= 15 is 0 Å². The van der Waals surface area contributed by atoms with E-state index in [0.29, 0.717) is 36.2 Å². The average Bonchev–Trinajstić information content (AvgIpc) is 3.40. The largest absolute Gasteiger partial charge is 0.396 e. The minimum absolute atomic E-state index is 0.140. The van der Waals surface area contributed by atoms with E-state index in [1.54, 1.807) is 12.1 Å². The fourth-order valence-electron chi connectivity index (χ4n) is 2.29. The standard InChI is InChI=1S/C17H19N5O/c18-11-12-3-1-4-14(9-12)20-16-10-15(13-5-6-13)21-17(22-16)19-7-2-8-23/h1,3-4,9-10,13,23H,2,5-8H2,(H2,19,20,21,22). The van der Waals surface area contributed by atoms with E-state index in [2.05, 4.69) is 26.7 Å². The van der Waals surface area contributed by atoms with Crippen LogP contribution in [0.2, 0.25) is 0 Å². The molecular formula is C17H19N5O. The Balaban J connectivity index is 1.80. The number of hydrogen-bond donors (Lipinski definition) is 3. The summed E-state index contributed by atoms with van der Waals surface area (Å²) in [5, 5.41) is 24.2. The fourth-order valence-corrected chi connectivity index (χ4v) is 2.29. The highest BCUT2D eigenvalue weighted by Crippen LogP contribution is 2.40. The molecule has 0 atom stereocenters. The van der Waals surface area contributed by atoms with Gasteiger partial charge in [0, 0.05) is 30.8 Å². The lowest BCUT2D eigenvalue weighted by Gasteiger charge is -2.11. The molecule has 3 rings (SSSR count). The third kappa shape index (κ3) is 4.18. The number of aromatic nitrogens is 2. The molecule has 1 heterocycles. The second kappa shape index (κ2) is 7.07. The van der Waals surface area contributed by atoms with Crippen LogP contribution in [0.1, 0.15) is 36.4 Å². The quantitative estimate of drug-likeness (QED) is 0.681. The Morgan fingerprint density at radius 1 is 1.26 bits per heavy atom. The van der Waals surface area contributed by atoms with E-state index in [4.69, 9.17) is 10.4 Å². The summed E-state index contributed by atoms with van der Waals surface area (Å²) in [7, 11) is 0. The van der Waals surface area contributed by atoms with Crippen molar-refractivity contribution in [1.82, 2.24) is 9.97 Å². The van der Waals surface area contributed by atoms with Gasteiger partial charge in [-0.3, -0.25) is 0 Å². The highest BCUT2D eigenvalue weighted by molar-refractivity contribution is 5.60. The van der Waals surface area contributed by atoms with Gasteiger partial charge in [0.15, 0.2) is 0 Å². The summed E-state index contributed by atoms with van der Waals surface area (Å²) in [4.78, 5) is 9.01. The molecule has 0 aliphatic heterocycles. The number of benzene rings is 1. The molecular weight excluding hydrogens is 290 g/mol. The summed E-state index contributed by atoms with van der Waals surface area (Å²) in [5.41, 5.74) is 2.46. The minimum atomic E-state index is 0.140. The summed E-state index contributed by atoms with van der Waals surface area (Å²) in [6.07, 6.45) is 2.98. The van der Waals surface area contributed by atoms with Gasteiger partial charge in [-0.05, 0) is 37.5 Å². The molecule has 2 aromatic rings. The van der Waals surface area contributed by atoms with Crippen LogP contribution in [0, 0.1) is 11.3 Å². The molecule has 6 heteroatoms. The number of nitrogens with one attached hydrogen (secondary N) is 2. The van der Waals surface area contributed by atoms with Gasteiger partial charge in [-0.15, -0.1) is 0 Å². The van der Waals surface area contributed by atoms with Crippen molar-refractivity contribution >= 4 is 17.5 Å². The normalized spacial score (nSPS) is 13.4. The molecule has 0 amide bonds. The van der Waals surface area contributed by atoms with Crippen LogP contribution in [0.5, 0.6) is 0 Å². The Bertz CT molecular complexity index is 721. The van der Waals surface area contributed by atoms with Crippen molar-refractivity contribution in [3.8, 4) is 6.07 Å². The van der Waals surface area contributed by atoms with Crippen LogP contribution in [-0.4, -0.2) is 28.2 Å². The van der Waals surface area contributed by atoms with E-state index in [1.165, 1.54) is 0 Å². The third-order valence-corrected chi connectivity index (χ3v) is 3.62. The monoisotopic (exact) mass is 309 g/mol. The molecule has 1 saturated carbocycles. The summed E-state index contributed by atoms with van der Waals surface area (Å²) in [6, 6.07) is 11.4. The maximum Gasteiger partial charge on any atom is 0.224 e. The maximum atomic E-state index is 8.98. The summed E-state index contributed by atoms with van der Waals surface area (Å²) >= 11 is 0. The molecule has 0 bridgehead atoms. The lowest BCUT2D eigenvalue weighted by molar-refractivity contribution is 0.292. The van der Waals surface area contributed by atoms with Crippen molar-refractivity contribution in [2.75, 3.05) is 23.8 Å². The van der Waals surface area contributed by atoms with Gasteiger partial charge >= 0.3 is 0 Å². The van der Waals surface area contributed by atoms with Gasteiger partial charge in [0.25, 0.3) is 0 Å². The van der Waals surface area contributed by atoms with E-state index in [-0.39, 0.29) is 6.61 Å². The highest BCUT2D eigenvalue weighted by atomic mass is 16.3. The maximum absolute atomic E-state index is 8.98. The number of hydrogen-bond acceptors (Lipinski definition) is 6. The average molecular weight is 309 g/mol. The summed E-state index contributed by atoms with van der Waals surface area (Å²) < 4.78 is 0. The Morgan fingerprint density at radius 2 is 2.13 bits per heavy atom. The van der Waals surface area contributed by atoms with E-state index < -0.39 is 0 Å². The molecule has 3 N–H and O–H groups in total. The van der Waals surface area contributed by atoms with E-state index in [9.17, 15) is 0 Å². The Hall–Kier alpha value is -2.65. The molecule has 0 unspecified atom stereocenters. The zero-order chi connectivity index (χ0) is 16.1. The summed E-state index contributed by atoms with van der Waals surface area (Å²) in [5.74, 6) is 1.80. The molecule has 1 aliphatic rings. The molecule has 118 valence electrons. The molecule has 6 nitrogen and oxygen atoms in total. The SMILES string of the molecule is N#Cc1cccc(Nc2cc(C3CC3)nc(NCCCO)n2)c1. The van der Waals surface area contributed by atoms with Crippen LogP contribution in [0.15, 0.2) is 30.3 Å². The molecule has 1 aromatic heterocycles. The Kier molecular flexibility index (Phi) is 4.69. The van der Waals surface area contributed by atoms with E-state index in [0.717, 1.165) is 24.2 Å². The number of nitrogens with zero attached hydrogens (tertiary/aromatic N) is 3. The molecule has 0 spiro atoms. The Morgan fingerprint density at radius 3 is 2.87 bits per heavy atom. The summed E-state index contributed by atoms with van der Waals surface area (Å²) in [6.45, 7) is 0.773. The van der Waals surface area contributed by atoms with Gasteiger partial charge in [0.05, 0.1) is 17.3 Å². The molecule has 0 saturated heterocycles. The second-order valence-electron chi connectivity index (χ2n) is 5.60. The number of aliphatic hydroxyl groups is 1. The fraction of sp³-hybridized carbons (Fsp3) is 0.353. The molecule has 1 fully saturated rings. The smallest absolute Gasteiger partial charge is 0.224 e. The van der Waals surface area contributed by atoms with Gasteiger partial charge in [-0.1, -0.05) is 6.07 Å². The van der Waals surface area contributed by atoms with Crippen molar-refractivity contribution in [2.45, 2.75) is 25.2 Å². The van der Waals surface area contributed by atoms with Crippen molar-refractivity contribution < 1.29 is 5.11 Å². The first-order valence-electron chi connectivity index (χ1n) is 7.79. The first-order chi connectivity index (χ1) is 11.3. The van der Waals surface area contributed by atoms with Crippen LogP contribution >= 0.6 is 0 Å². The van der Waals surface area contributed by atoms with Gasteiger partial charge in [-0.2, -0.15) is 10.2 Å². The zero-order valence-electron chi connectivity index (χ0n) is 12.8. The van der Waals surface area contributed by atoms with Gasteiger partial charge in [0.2, 0.25) is 5.95 Å². The first-order valence-corrected chi connectivity index (χ1v) is 7.79. The molecule has 0 radical (unpaired) electrons. The Labute approximate surface area is 135 Å².